The first-order valence-corrected chi connectivity index (χ1v) is 9.40. The molecule has 0 aliphatic rings. The molecule has 1 nitrogen and oxygen atoms in total. The second kappa shape index (κ2) is 13.9. The molecule has 22 heavy (non-hydrogen) atoms. The second-order valence-electron chi connectivity index (χ2n) is 5.70. The molecule has 2 heteroatoms. The fraction of sp³-hybridized carbons (Fsp3) is 0.600. The maximum absolute atomic E-state index is 5.55. The minimum Gasteiger partial charge on any atom is -0.364 e. The quantitative estimate of drug-likeness (QED) is 0.321. The molecule has 0 saturated carbocycles. The van der Waals surface area contributed by atoms with Gasteiger partial charge in [0.25, 0.3) is 0 Å². The van der Waals surface area contributed by atoms with E-state index in [1.165, 1.54) is 56.9 Å². The predicted molar refractivity (Wildman–Crippen MR) is 98.8 cm³/mol. The van der Waals surface area contributed by atoms with Crippen LogP contribution in [0.2, 0.25) is 0 Å². The summed E-state index contributed by atoms with van der Waals surface area (Å²) >= 11 is 3.43. The summed E-state index contributed by atoms with van der Waals surface area (Å²) in [6, 6.07) is 8.20. The van der Waals surface area contributed by atoms with E-state index in [-0.39, 0.29) is 0 Å². The monoisotopic (exact) mass is 364 g/mol. The van der Waals surface area contributed by atoms with E-state index in [1.807, 2.05) is 12.1 Å². The average molecular weight is 365 g/mol. The molecule has 122 valence electrons. The minimum atomic E-state index is 0.535. The van der Waals surface area contributed by atoms with Crippen molar-refractivity contribution in [2.24, 2.45) is 0 Å². The number of halogens is 1. The lowest BCUT2D eigenvalue weighted by molar-refractivity contribution is 0.153. The number of hydrogen-bond acceptors (Lipinski definition) is 1. The highest BCUT2D eigenvalue weighted by Crippen LogP contribution is 2.11. The van der Waals surface area contributed by atoms with Crippen LogP contribution < -0.4 is 0 Å². The van der Waals surface area contributed by atoms with Gasteiger partial charge in [-0.2, -0.15) is 0 Å². The number of benzene rings is 1. The van der Waals surface area contributed by atoms with Crippen molar-refractivity contribution in [1.82, 2.24) is 0 Å². The number of unbranched alkanes of at least 4 members (excludes halogenated alkanes) is 8. The lowest BCUT2D eigenvalue weighted by Crippen LogP contribution is -1.92. The lowest BCUT2D eigenvalue weighted by Gasteiger charge is -2.00. The normalized spacial score (nSPS) is 10.3. The maximum Gasteiger partial charge on any atom is 0.108 e. The summed E-state index contributed by atoms with van der Waals surface area (Å²) in [5.41, 5.74) is 1.19. The molecule has 0 spiro atoms. The Bertz CT molecular complexity index is 427. The summed E-state index contributed by atoms with van der Waals surface area (Å²) in [4.78, 5) is 0. The van der Waals surface area contributed by atoms with E-state index in [0.29, 0.717) is 13.2 Å². The molecule has 0 saturated heterocycles. The van der Waals surface area contributed by atoms with E-state index < -0.39 is 0 Å². The summed E-state index contributed by atoms with van der Waals surface area (Å²) in [7, 11) is 0. The van der Waals surface area contributed by atoms with Gasteiger partial charge < -0.3 is 4.74 Å². The van der Waals surface area contributed by atoms with Crippen LogP contribution in [0.25, 0.3) is 0 Å². The van der Waals surface area contributed by atoms with Gasteiger partial charge in [-0.3, -0.25) is 0 Å². The SMILES string of the molecule is CCCCCCCCCCC#CCOCc1ccc(Br)cc1. The van der Waals surface area contributed by atoms with Crippen LogP contribution in [0, 0.1) is 11.8 Å². The Morgan fingerprint density at radius 3 is 2.18 bits per heavy atom. The fourth-order valence-electron chi connectivity index (χ4n) is 2.29. The van der Waals surface area contributed by atoms with Crippen molar-refractivity contribution in [1.29, 1.82) is 0 Å². The van der Waals surface area contributed by atoms with E-state index in [2.05, 4.69) is 46.8 Å². The molecule has 1 rings (SSSR count). The number of rotatable bonds is 11. The van der Waals surface area contributed by atoms with Crippen molar-refractivity contribution in [3.8, 4) is 11.8 Å². The van der Waals surface area contributed by atoms with Gasteiger partial charge in [-0.15, -0.1) is 5.92 Å². The third kappa shape index (κ3) is 10.9. The van der Waals surface area contributed by atoms with Crippen LogP contribution in [-0.4, -0.2) is 6.61 Å². The minimum absolute atomic E-state index is 0.535. The van der Waals surface area contributed by atoms with Gasteiger partial charge in [0.15, 0.2) is 0 Å². The molecular formula is C20H29BrO. The van der Waals surface area contributed by atoms with Crippen molar-refractivity contribution >= 4 is 15.9 Å². The largest absolute Gasteiger partial charge is 0.364 e. The average Bonchev–Trinajstić information content (AvgIpc) is 2.53. The number of ether oxygens (including phenoxy) is 1. The van der Waals surface area contributed by atoms with Crippen molar-refractivity contribution in [2.75, 3.05) is 6.61 Å². The Labute approximate surface area is 145 Å². The van der Waals surface area contributed by atoms with Crippen LogP contribution in [0.3, 0.4) is 0 Å². The van der Waals surface area contributed by atoms with Crippen LogP contribution in [0.1, 0.15) is 70.3 Å². The molecule has 0 fully saturated rings. The van der Waals surface area contributed by atoms with Crippen molar-refractivity contribution in [2.45, 2.75) is 71.3 Å². The van der Waals surface area contributed by atoms with Gasteiger partial charge in [-0.05, 0) is 24.1 Å². The highest BCUT2D eigenvalue weighted by Gasteiger charge is 1.92. The van der Waals surface area contributed by atoms with Gasteiger partial charge in [0, 0.05) is 10.9 Å². The Morgan fingerprint density at radius 2 is 1.50 bits per heavy atom. The first-order valence-electron chi connectivity index (χ1n) is 8.61. The number of hydrogen-bond donors (Lipinski definition) is 0. The van der Waals surface area contributed by atoms with E-state index in [0.717, 1.165) is 10.9 Å². The molecule has 1 aromatic rings. The molecule has 0 radical (unpaired) electrons. The molecule has 0 aromatic heterocycles. The molecular weight excluding hydrogens is 336 g/mol. The molecule has 0 amide bonds. The van der Waals surface area contributed by atoms with Gasteiger partial charge in [0.1, 0.15) is 6.61 Å². The first-order chi connectivity index (χ1) is 10.8. The van der Waals surface area contributed by atoms with Gasteiger partial charge >= 0.3 is 0 Å². The van der Waals surface area contributed by atoms with Crippen LogP contribution in [0.4, 0.5) is 0 Å². The lowest BCUT2D eigenvalue weighted by atomic mass is 10.1. The van der Waals surface area contributed by atoms with Crippen molar-refractivity contribution < 1.29 is 4.74 Å². The van der Waals surface area contributed by atoms with Crippen molar-refractivity contribution in [3.63, 3.8) is 0 Å². The molecule has 0 atom stereocenters. The van der Waals surface area contributed by atoms with E-state index >= 15 is 0 Å². The molecule has 0 bridgehead atoms. The molecule has 0 heterocycles. The Morgan fingerprint density at radius 1 is 0.864 bits per heavy atom. The summed E-state index contributed by atoms with van der Waals surface area (Å²) in [5.74, 6) is 6.31. The summed E-state index contributed by atoms with van der Waals surface area (Å²) in [6.45, 7) is 3.44. The second-order valence-corrected chi connectivity index (χ2v) is 6.61. The zero-order chi connectivity index (χ0) is 15.9. The summed E-state index contributed by atoms with van der Waals surface area (Å²) in [6.07, 6.45) is 11.9. The molecule has 0 aliphatic carbocycles. The van der Waals surface area contributed by atoms with Crippen LogP contribution in [0.5, 0.6) is 0 Å². The molecule has 0 N–H and O–H groups in total. The zero-order valence-electron chi connectivity index (χ0n) is 13.9. The van der Waals surface area contributed by atoms with E-state index in [1.54, 1.807) is 0 Å². The molecule has 0 unspecified atom stereocenters. The fourth-order valence-corrected chi connectivity index (χ4v) is 2.55. The van der Waals surface area contributed by atoms with Crippen LogP contribution in [-0.2, 0) is 11.3 Å². The summed E-state index contributed by atoms with van der Waals surface area (Å²) < 4.78 is 6.65. The predicted octanol–water partition coefficient (Wildman–Crippen LogP) is 6.50. The molecule has 1 aromatic carbocycles. The Kier molecular flexibility index (Phi) is 12.1. The Balaban J connectivity index is 1.90. The van der Waals surface area contributed by atoms with Gasteiger partial charge in [0.2, 0.25) is 0 Å². The summed E-state index contributed by atoms with van der Waals surface area (Å²) in [5, 5.41) is 0. The van der Waals surface area contributed by atoms with Gasteiger partial charge in [-0.25, -0.2) is 0 Å². The maximum atomic E-state index is 5.55. The van der Waals surface area contributed by atoms with Crippen LogP contribution in [0.15, 0.2) is 28.7 Å². The van der Waals surface area contributed by atoms with E-state index in [4.69, 9.17) is 4.74 Å². The first kappa shape index (κ1) is 19.3. The standard InChI is InChI=1S/C20H29BrO/c1-2-3-4-5-6-7-8-9-10-11-12-17-22-18-19-13-15-20(21)16-14-19/h13-16H,2-10,17-18H2,1H3. The van der Waals surface area contributed by atoms with Gasteiger partial charge in [0.05, 0.1) is 6.61 Å². The Hall–Kier alpha value is -0.780. The highest BCUT2D eigenvalue weighted by molar-refractivity contribution is 9.10. The van der Waals surface area contributed by atoms with E-state index in [9.17, 15) is 0 Å². The topological polar surface area (TPSA) is 9.23 Å². The molecule has 0 aliphatic heterocycles. The van der Waals surface area contributed by atoms with Crippen molar-refractivity contribution in [3.05, 3.63) is 34.3 Å². The third-order valence-electron chi connectivity index (χ3n) is 3.64. The third-order valence-corrected chi connectivity index (χ3v) is 4.17. The zero-order valence-corrected chi connectivity index (χ0v) is 15.5. The van der Waals surface area contributed by atoms with Crippen LogP contribution >= 0.6 is 15.9 Å². The van der Waals surface area contributed by atoms with Gasteiger partial charge in [-0.1, -0.05) is 85.9 Å². The highest BCUT2D eigenvalue weighted by atomic mass is 79.9. The smallest absolute Gasteiger partial charge is 0.108 e.